The van der Waals surface area contributed by atoms with Gasteiger partial charge in [0.05, 0.1) is 12.2 Å². The van der Waals surface area contributed by atoms with Crippen LogP contribution in [0.1, 0.15) is 51.8 Å². The summed E-state index contributed by atoms with van der Waals surface area (Å²) in [5.74, 6) is -0.132. The van der Waals surface area contributed by atoms with Gasteiger partial charge in [0.1, 0.15) is 5.69 Å². The number of nitrogens with zero attached hydrogens (tertiary/aromatic N) is 5. The van der Waals surface area contributed by atoms with Gasteiger partial charge in [-0.3, -0.25) is 9.59 Å². The zero-order valence-corrected chi connectivity index (χ0v) is 17.1. The van der Waals surface area contributed by atoms with Crippen LogP contribution in [0.15, 0.2) is 36.5 Å². The van der Waals surface area contributed by atoms with Crippen LogP contribution in [0.2, 0.25) is 0 Å². The molecule has 5 rings (SSSR count). The molecule has 0 spiro atoms. The minimum atomic E-state index is -0.0766. The third-order valence-electron chi connectivity index (χ3n) is 5.72. The van der Waals surface area contributed by atoms with Crippen LogP contribution in [-0.2, 0) is 0 Å². The Kier molecular flexibility index (Phi) is 4.42. The highest BCUT2D eigenvalue weighted by molar-refractivity contribution is 5.98. The molecule has 8 nitrogen and oxygen atoms in total. The molecule has 30 heavy (non-hydrogen) atoms. The van der Waals surface area contributed by atoms with Crippen molar-refractivity contribution in [3.8, 4) is 0 Å². The smallest absolute Gasteiger partial charge is 0.276 e. The zero-order valence-electron chi connectivity index (χ0n) is 17.1. The lowest BCUT2D eigenvalue weighted by Gasteiger charge is -2.27. The third-order valence-corrected chi connectivity index (χ3v) is 5.72. The Bertz CT molecular complexity index is 1170. The average molecular weight is 404 g/mol. The van der Waals surface area contributed by atoms with Gasteiger partial charge in [-0.25, -0.2) is 4.68 Å². The maximum atomic E-state index is 12.9. The van der Waals surface area contributed by atoms with Crippen LogP contribution in [-0.4, -0.2) is 68.8 Å². The van der Waals surface area contributed by atoms with E-state index < -0.39 is 0 Å². The van der Waals surface area contributed by atoms with Crippen LogP contribution in [0, 0.1) is 0 Å². The van der Waals surface area contributed by atoms with Crippen molar-refractivity contribution in [3.63, 3.8) is 0 Å². The van der Waals surface area contributed by atoms with E-state index in [2.05, 4.69) is 21.4 Å². The lowest BCUT2D eigenvalue weighted by atomic mass is 10.00. The zero-order chi connectivity index (χ0) is 20.8. The van der Waals surface area contributed by atoms with E-state index in [0.29, 0.717) is 30.5 Å². The molecule has 0 unspecified atom stereocenters. The summed E-state index contributed by atoms with van der Waals surface area (Å²) in [6.45, 7) is 1.20. The second-order valence-corrected chi connectivity index (χ2v) is 8.24. The number of rotatable bonds is 4. The molecule has 0 atom stereocenters. The quantitative estimate of drug-likeness (QED) is 0.724. The first-order valence-corrected chi connectivity index (χ1v) is 10.2. The number of aromatic nitrogens is 4. The van der Waals surface area contributed by atoms with Crippen molar-refractivity contribution in [3.05, 3.63) is 53.5 Å². The van der Waals surface area contributed by atoms with Crippen LogP contribution in [0.4, 0.5) is 0 Å². The van der Waals surface area contributed by atoms with E-state index in [1.54, 1.807) is 29.9 Å². The maximum Gasteiger partial charge on any atom is 0.276 e. The standard InChI is InChI=1S/C22H24N6O2/c1-26(2)21(29)19-11-15-6-5-14(10-18(15)23-19)16-4-3-9-27(12-16)22(30)20-13-28(25-24-20)17-7-8-17/h4-6,10-11,13,17,23H,3,7-9,12H2,1-2H3. The molecule has 3 heterocycles. The van der Waals surface area contributed by atoms with Gasteiger partial charge in [0.2, 0.25) is 0 Å². The second kappa shape index (κ2) is 7.12. The Morgan fingerprint density at radius 1 is 1.20 bits per heavy atom. The summed E-state index contributed by atoms with van der Waals surface area (Å²) < 4.78 is 1.81. The Morgan fingerprint density at radius 3 is 2.80 bits per heavy atom. The Labute approximate surface area is 174 Å². The SMILES string of the molecule is CN(C)C(=O)c1cc2ccc(C3=CCCN(C(=O)c4cn(C5CC5)nn4)C3)cc2[nH]1. The fraction of sp³-hybridized carbons (Fsp3) is 0.364. The van der Waals surface area contributed by atoms with Crippen LogP contribution in [0.3, 0.4) is 0 Å². The van der Waals surface area contributed by atoms with Gasteiger partial charge < -0.3 is 14.8 Å². The summed E-state index contributed by atoms with van der Waals surface area (Å²) in [5, 5.41) is 9.18. The number of aromatic amines is 1. The van der Waals surface area contributed by atoms with Gasteiger partial charge in [0.25, 0.3) is 11.8 Å². The maximum absolute atomic E-state index is 12.9. The van der Waals surface area contributed by atoms with E-state index >= 15 is 0 Å². The molecule has 0 radical (unpaired) electrons. The van der Waals surface area contributed by atoms with Crippen LogP contribution >= 0.6 is 0 Å². The largest absolute Gasteiger partial charge is 0.351 e. The number of H-pyrrole nitrogens is 1. The summed E-state index contributed by atoms with van der Waals surface area (Å²) in [6, 6.07) is 8.38. The lowest BCUT2D eigenvalue weighted by Crippen LogP contribution is -2.35. The molecule has 1 aliphatic heterocycles. The highest BCUT2D eigenvalue weighted by Crippen LogP contribution is 2.34. The topological polar surface area (TPSA) is 87.1 Å². The molecule has 2 aliphatic rings. The number of nitrogens with one attached hydrogen (secondary N) is 1. The van der Waals surface area contributed by atoms with Crippen molar-refractivity contribution < 1.29 is 9.59 Å². The van der Waals surface area contributed by atoms with E-state index in [-0.39, 0.29) is 11.8 Å². The summed E-state index contributed by atoms with van der Waals surface area (Å²) in [5.41, 5.74) is 4.04. The van der Waals surface area contributed by atoms with E-state index in [1.807, 2.05) is 29.2 Å². The average Bonchev–Trinajstić information content (AvgIpc) is 3.33. The van der Waals surface area contributed by atoms with Gasteiger partial charge >= 0.3 is 0 Å². The lowest BCUT2D eigenvalue weighted by molar-refractivity contribution is 0.0768. The monoisotopic (exact) mass is 404 g/mol. The van der Waals surface area contributed by atoms with E-state index in [4.69, 9.17) is 0 Å². The first-order valence-electron chi connectivity index (χ1n) is 10.2. The molecule has 2 amide bonds. The number of carbonyl (C=O) groups excluding carboxylic acids is 2. The molecule has 2 aromatic heterocycles. The van der Waals surface area contributed by atoms with Gasteiger partial charge in [-0.15, -0.1) is 5.10 Å². The molecule has 1 saturated carbocycles. The number of amides is 2. The van der Waals surface area contributed by atoms with Crippen molar-refractivity contribution in [2.24, 2.45) is 0 Å². The molecule has 8 heteroatoms. The minimum absolute atomic E-state index is 0.0550. The minimum Gasteiger partial charge on any atom is -0.351 e. The summed E-state index contributed by atoms with van der Waals surface area (Å²) in [7, 11) is 3.47. The van der Waals surface area contributed by atoms with Gasteiger partial charge in [-0.05, 0) is 42.5 Å². The molecule has 154 valence electrons. The molecule has 0 saturated heterocycles. The first kappa shape index (κ1) is 18.6. The fourth-order valence-electron chi connectivity index (χ4n) is 3.86. The van der Waals surface area contributed by atoms with E-state index in [0.717, 1.165) is 41.3 Å². The van der Waals surface area contributed by atoms with Crippen LogP contribution in [0.5, 0.6) is 0 Å². The molecule has 3 aromatic rings. The van der Waals surface area contributed by atoms with Crippen molar-refractivity contribution in [1.29, 1.82) is 0 Å². The van der Waals surface area contributed by atoms with Crippen LogP contribution in [0.25, 0.3) is 16.5 Å². The predicted octanol–water partition coefficient (Wildman–Crippen LogP) is 2.73. The van der Waals surface area contributed by atoms with Gasteiger partial charge in [-0.1, -0.05) is 23.4 Å². The Balaban J connectivity index is 1.35. The first-order chi connectivity index (χ1) is 14.5. The van der Waals surface area contributed by atoms with E-state index in [9.17, 15) is 9.59 Å². The number of hydrogen-bond donors (Lipinski definition) is 1. The van der Waals surface area contributed by atoms with Crippen molar-refractivity contribution in [2.45, 2.75) is 25.3 Å². The number of carbonyl (C=O) groups is 2. The van der Waals surface area contributed by atoms with Gasteiger partial charge in [0.15, 0.2) is 5.69 Å². The molecular formula is C22H24N6O2. The predicted molar refractivity (Wildman–Crippen MR) is 113 cm³/mol. The fourth-order valence-corrected chi connectivity index (χ4v) is 3.86. The van der Waals surface area contributed by atoms with Gasteiger partial charge in [-0.2, -0.15) is 0 Å². The number of benzene rings is 1. The highest BCUT2D eigenvalue weighted by Gasteiger charge is 2.28. The molecule has 0 bridgehead atoms. The molecule has 1 aromatic carbocycles. The Hall–Kier alpha value is -3.42. The second-order valence-electron chi connectivity index (χ2n) is 8.24. The van der Waals surface area contributed by atoms with Crippen molar-refractivity contribution in [1.82, 2.24) is 29.8 Å². The molecule has 1 aliphatic carbocycles. The summed E-state index contributed by atoms with van der Waals surface area (Å²) in [6.07, 6.45) is 6.96. The van der Waals surface area contributed by atoms with Crippen LogP contribution < -0.4 is 0 Å². The molecule has 1 fully saturated rings. The number of hydrogen-bond acceptors (Lipinski definition) is 4. The molecular weight excluding hydrogens is 380 g/mol. The van der Waals surface area contributed by atoms with Gasteiger partial charge in [0, 0.05) is 38.1 Å². The van der Waals surface area contributed by atoms with E-state index in [1.165, 1.54) is 0 Å². The Morgan fingerprint density at radius 2 is 2.03 bits per heavy atom. The van der Waals surface area contributed by atoms with Crippen molar-refractivity contribution >= 4 is 28.3 Å². The number of fused-ring (bicyclic) bond motifs is 1. The summed E-state index contributed by atoms with van der Waals surface area (Å²) in [4.78, 5) is 31.7. The summed E-state index contributed by atoms with van der Waals surface area (Å²) >= 11 is 0. The van der Waals surface area contributed by atoms with Crippen molar-refractivity contribution in [2.75, 3.05) is 27.2 Å². The highest BCUT2D eigenvalue weighted by atomic mass is 16.2. The third kappa shape index (κ3) is 3.38. The normalized spacial score (nSPS) is 16.6. The molecule has 1 N–H and O–H groups in total.